The number of hydrogen-bond acceptors (Lipinski definition) is 5. The van der Waals surface area contributed by atoms with Crippen molar-refractivity contribution in [3.8, 4) is 11.5 Å². The van der Waals surface area contributed by atoms with Crippen molar-refractivity contribution in [2.24, 2.45) is 0 Å². The van der Waals surface area contributed by atoms with Crippen LogP contribution in [-0.2, 0) is 9.53 Å². The molecule has 3 aromatic rings. The number of benzene rings is 2. The Bertz CT molecular complexity index is 1070. The fourth-order valence-corrected chi connectivity index (χ4v) is 4.02. The maximum atomic E-state index is 12.9. The van der Waals surface area contributed by atoms with Gasteiger partial charge in [0.1, 0.15) is 11.5 Å². The van der Waals surface area contributed by atoms with E-state index in [1.807, 2.05) is 42.5 Å². The third kappa shape index (κ3) is 3.70. The average Bonchev–Trinajstić information content (AvgIpc) is 3.44. The maximum absolute atomic E-state index is 12.9. The second-order valence-electron chi connectivity index (χ2n) is 7.18. The lowest BCUT2D eigenvalue weighted by Crippen LogP contribution is -2.34. The van der Waals surface area contributed by atoms with Gasteiger partial charge in [-0.1, -0.05) is 18.2 Å². The van der Waals surface area contributed by atoms with E-state index in [-0.39, 0.29) is 18.6 Å². The molecule has 7 nitrogen and oxygen atoms in total. The largest absolute Gasteiger partial charge is 0.497 e. The van der Waals surface area contributed by atoms with E-state index < -0.39 is 5.97 Å². The van der Waals surface area contributed by atoms with Crippen molar-refractivity contribution in [3.05, 3.63) is 59.8 Å². The van der Waals surface area contributed by atoms with Gasteiger partial charge < -0.3 is 24.1 Å². The van der Waals surface area contributed by atoms with E-state index in [0.717, 1.165) is 29.3 Å². The molecule has 1 N–H and O–H groups in total. The maximum Gasteiger partial charge on any atom is 0.340 e. The van der Waals surface area contributed by atoms with Crippen molar-refractivity contribution >= 4 is 22.8 Å². The topological polar surface area (TPSA) is 80.9 Å². The number of aromatic nitrogens is 1. The summed E-state index contributed by atoms with van der Waals surface area (Å²) in [6.45, 7) is 0.301. The lowest BCUT2D eigenvalue weighted by molar-refractivity contribution is -0.135. The number of H-pyrrole nitrogens is 1. The van der Waals surface area contributed by atoms with Gasteiger partial charge in [-0.2, -0.15) is 0 Å². The molecule has 0 unspecified atom stereocenters. The first kappa shape index (κ1) is 19.8. The SMILES string of the molecule is COc1ccc(OC)c([C@H]2CCCN2C(=O)COC(=O)c2c[nH]c3ccccc23)c1. The summed E-state index contributed by atoms with van der Waals surface area (Å²) in [7, 11) is 3.21. The van der Waals surface area contributed by atoms with E-state index in [9.17, 15) is 9.59 Å². The summed E-state index contributed by atoms with van der Waals surface area (Å²) in [6.07, 6.45) is 3.29. The van der Waals surface area contributed by atoms with Crippen LogP contribution in [0.2, 0.25) is 0 Å². The Morgan fingerprint density at radius 2 is 1.97 bits per heavy atom. The van der Waals surface area contributed by atoms with Gasteiger partial charge in [0.2, 0.25) is 0 Å². The van der Waals surface area contributed by atoms with Crippen molar-refractivity contribution in [1.29, 1.82) is 0 Å². The molecule has 1 aromatic heterocycles. The Balaban J connectivity index is 1.47. The molecule has 156 valence electrons. The molecule has 4 rings (SSSR count). The highest BCUT2D eigenvalue weighted by molar-refractivity contribution is 6.04. The fraction of sp³-hybridized carbons (Fsp3) is 0.304. The van der Waals surface area contributed by atoms with Crippen LogP contribution in [0.25, 0.3) is 10.9 Å². The van der Waals surface area contributed by atoms with Crippen LogP contribution in [0.15, 0.2) is 48.7 Å². The first-order valence-electron chi connectivity index (χ1n) is 9.87. The molecule has 1 atom stereocenters. The number of likely N-dealkylation sites (tertiary alicyclic amines) is 1. The first-order valence-corrected chi connectivity index (χ1v) is 9.87. The molecule has 0 radical (unpaired) electrons. The quantitative estimate of drug-likeness (QED) is 0.629. The Morgan fingerprint density at radius 3 is 2.77 bits per heavy atom. The van der Waals surface area contributed by atoms with E-state index >= 15 is 0 Å². The Hall–Kier alpha value is -3.48. The zero-order valence-electron chi connectivity index (χ0n) is 17.0. The van der Waals surface area contributed by atoms with Gasteiger partial charge in [0, 0.05) is 29.2 Å². The van der Waals surface area contributed by atoms with Crippen molar-refractivity contribution in [2.75, 3.05) is 27.4 Å². The van der Waals surface area contributed by atoms with Crippen molar-refractivity contribution < 1.29 is 23.8 Å². The minimum Gasteiger partial charge on any atom is -0.497 e. The Kier molecular flexibility index (Phi) is 5.61. The molecule has 1 amide bonds. The molecule has 2 aromatic carbocycles. The summed E-state index contributed by atoms with van der Waals surface area (Å²) in [6, 6.07) is 12.9. The monoisotopic (exact) mass is 408 g/mol. The van der Waals surface area contributed by atoms with Crippen LogP contribution in [0.1, 0.15) is 34.8 Å². The van der Waals surface area contributed by atoms with Gasteiger partial charge >= 0.3 is 5.97 Å². The van der Waals surface area contributed by atoms with Crippen LogP contribution in [0, 0.1) is 0 Å². The zero-order valence-corrected chi connectivity index (χ0v) is 17.0. The number of fused-ring (bicyclic) bond motifs is 1. The molecule has 1 aliphatic heterocycles. The number of carbonyl (C=O) groups is 2. The lowest BCUT2D eigenvalue weighted by atomic mass is 10.0. The molecule has 0 spiro atoms. The van der Waals surface area contributed by atoms with Gasteiger partial charge in [-0.3, -0.25) is 4.79 Å². The van der Waals surface area contributed by atoms with Gasteiger partial charge in [-0.15, -0.1) is 0 Å². The summed E-state index contributed by atoms with van der Waals surface area (Å²) in [4.78, 5) is 30.2. The molecule has 1 fully saturated rings. The third-order valence-corrected chi connectivity index (χ3v) is 5.50. The van der Waals surface area contributed by atoms with Crippen LogP contribution < -0.4 is 9.47 Å². The highest BCUT2D eigenvalue weighted by atomic mass is 16.5. The second kappa shape index (κ2) is 8.49. The van der Waals surface area contributed by atoms with Gasteiger partial charge in [0.15, 0.2) is 6.61 Å². The molecule has 2 heterocycles. The number of para-hydroxylation sites is 1. The Morgan fingerprint density at radius 1 is 1.13 bits per heavy atom. The molecular formula is C23H24N2O5. The molecule has 0 aliphatic carbocycles. The minimum absolute atomic E-state index is 0.144. The molecule has 0 bridgehead atoms. The lowest BCUT2D eigenvalue weighted by Gasteiger charge is -2.26. The number of methoxy groups -OCH3 is 2. The number of ether oxygens (including phenoxy) is 3. The van der Waals surface area contributed by atoms with Gasteiger partial charge in [-0.25, -0.2) is 4.79 Å². The summed E-state index contributed by atoms with van der Waals surface area (Å²) in [5.41, 5.74) is 2.16. The number of hydrogen-bond donors (Lipinski definition) is 1. The van der Waals surface area contributed by atoms with Crippen LogP contribution >= 0.6 is 0 Å². The number of esters is 1. The third-order valence-electron chi connectivity index (χ3n) is 5.50. The highest BCUT2D eigenvalue weighted by Crippen LogP contribution is 2.39. The van der Waals surface area contributed by atoms with Crippen LogP contribution in [-0.4, -0.2) is 49.1 Å². The smallest absolute Gasteiger partial charge is 0.340 e. The zero-order chi connectivity index (χ0) is 21.1. The summed E-state index contributed by atoms with van der Waals surface area (Å²) in [5, 5.41) is 0.773. The van der Waals surface area contributed by atoms with Crippen molar-refractivity contribution in [2.45, 2.75) is 18.9 Å². The predicted molar refractivity (Wildman–Crippen MR) is 112 cm³/mol. The highest BCUT2D eigenvalue weighted by Gasteiger charge is 2.32. The van der Waals surface area contributed by atoms with E-state index in [0.29, 0.717) is 23.6 Å². The number of nitrogens with zero attached hydrogens (tertiary/aromatic N) is 1. The van der Waals surface area contributed by atoms with Gasteiger partial charge in [0.25, 0.3) is 5.91 Å². The molecule has 30 heavy (non-hydrogen) atoms. The average molecular weight is 408 g/mol. The number of nitrogens with one attached hydrogen (secondary N) is 1. The fourth-order valence-electron chi connectivity index (χ4n) is 4.02. The van der Waals surface area contributed by atoms with E-state index in [4.69, 9.17) is 14.2 Å². The van der Waals surface area contributed by atoms with Crippen LogP contribution in [0.4, 0.5) is 0 Å². The number of carbonyl (C=O) groups excluding carboxylic acids is 2. The summed E-state index contributed by atoms with van der Waals surface area (Å²) in [5.74, 6) is 0.665. The van der Waals surface area contributed by atoms with Crippen molar-refractivity contribution in [3.63, 3.8) is 0 Å². The number of amides is 1. The van der Waals surface area contributed by atoms with Crippen LogP contribution in [0.5, 0.6) is 11.5 Å². The van der Waals surface area contributed by atoms with Crippen molar-refractivity contribution in [1.82, 2.24) is 9.88 Å². The van der Waals surface area contributed by atoms with Gasteiger partial charge in [0.05, 0.1) is 25.8 Å². The minimum atomic E-state index is -0.518. The molecule has 0 saturated carbocycles. The van der Waals surface area contributed by atoms with Gasteiger partial charge in [-0.05, 0) is 37.1 Å². The number of rotatable bonds is 6. The second-order valence-corrected chi connectivity index (χ2v) is 7.18. The molecule has 1 saturated heterocycles. The van der Waals surface area contributed by atoms with E-state index in [1.165, 1.54) is 0 Å². The normalized spacial score (nSPS) is 15.9. The first-order chi connectivity index (χ1) is 14.6. The predicted octanol–water partition coefficient (Wildman–Crippen LogP) is 3.71. The molecule has 7 heteroatoms. The number of aromatic amines is 1. The standard InChI is InChI=1S/C23H24N2O5/c1-28-15-9-10-21(29-2)17(12-15)20-8-5-11-25(20)22(26)14-30-23(27)18-13-24-19-7-4-3-6-16(18)19/h3-4,6-7,9-10,12-13,20,24H,5,8,11,14H2,1-2H3/t20-/m1/s1. The molecular weight excluding hydrogens is 384 g/mol. The summed E-state index contributed by atoms with van der Waals surface area (Å²) < 4.78 is 16.2. The molecule has 1 aliphatic rings. The summed E-state index contributed by atoms with van der Waals surface area (Å²) >= 11 is 0. The van der Waals surface area contributed by atoms with E-state index in [2.05, 4.69) is 4.98 Å². The Labute approximate surface area is 174 Å². The van der Waals surface area contributed by atoms with Crippen LogP contribution in [0.3, 0.4) is 0 Å². The van der Waals surface area contributed by atoms with E-state index in [1.54, 1.807) is 25.3 Å².